The molecule has 0 aliphatic carbocycles. The monoisotopic (exact) mass is 441 g/mol. The van der Waals surface area contributed by atoms with Crippen molar-refractivity contribution < 1.29 is 13.6 Å². The fourth-order valence-corrected chi connectivity index (χ4v) is 4.71. The predicted molar refractivity (Wildman–Crippen MR) is 88.8 cm³/mol. The van der Waals surface area contributed by atoms with Gasteiger partial charge in [0.05, 0.1) is 4.90 Å². The summed E-state index contributed by atoms with van der Waals surface area (Å²) in [5.41, 5.74) is 5.52. The molecule has 21 heavy (non-hydrogen) atoms. The van der Waals surface area contributed by atoms with E-state index in [2.05, 4.69) is 37.0 Å². The number of amidine groups is 1. The highest BCUT2D eigenvalue weighted by molar-refractivity contribution is 9.11. The van der Waals surface area contributed by atoms with Gasteiger partial charge in [-0.05, 0) is 34.1 Å². The van der Waals surface area contributed by atoms with Crippen LogP contribution in [-0.2, 0) is 10.0 Å². The zero-order chi connectivity index (χ0) is 16.2. The summed E-state index contributed by atoms with van der Waals surface area (Å²) in [5, 5.41) is 11.6. The predicted octanol–water partition coefficient (Wildman–Crippen LogP) is 2.60. The molecule has 118 valence electrons. The first-order valence-electron chi connectivity index (χ1n) is 6.16. The highest BCUT2D eigenvalue weighted by Crippen LogP contribution is 2.28. The van der Waals surface area contributed by atoms with Gasteiger partial charge >= 0.3 is 0 Å². The maximum absolute atomic E-state index is 12.7. The SMILES string of the molecule is CCN(CC(C)C(N)=NO)S(=O)(=O)c1cc(Br)ccc1Br. The number of hydrogen-bond donors (Lipinski definition) is 2. The molecule has 1 unspecified atom stereocenters. The van der Waals surface area contributed by atoms with Crippen molar-refractivity contribution in [2.24, 2.45) is 16.8 Å². The van der Waals surface area contributed by atoms with Crippen molar-refractivity contribution >= 4 is 47.7 Å². The number of rotatable bonds is 6. The van der Waals surface area contributed by atoms with Gasteiger partial charge in [0.25, 0.3) is 0 Å². The van der Waals surface area contributed by atoms with Crippen molar-refractivity contribution in [3.63, 3.8) is 0 Å². The number of nitrogens with zero attached hydrogens (tertiary/aromatic N) is 2. The standard InChI is InChI=1S/C12H17Br2N3O3S/c1-3-17(7-8(2)12(15)16-18)21(19,20)11-6-9(13)4-5-10(11)14/h4-6,8,18H,3,7H2,1-2H3,(H2,15,16). The van der Waals surface area contributed by atoms with Crippen molar-refractivity contribution in [2.45, 2.75) is 18.7 Å². The Balaban J connectivity index is 3.17. The third-order valence-corrected chi connectivity index (χ3v) is 6.39. The Hall–Kier alpha value is -0.640. The van der Waals surface area contributed by atoms with Crippen molar-refractivity contribution in [1.29, 1.82) is 0 Å². The zero-order valence-corrected chi connectivity index (χ0v) is 15.6. The van der Waals surface area contributed by atoms with Crippen LogP contribution in [0.25, 0.3) is 0 Å². The Bertz CT molecular complexity index is 635. The average molecular weight is 443 g/mol. The molecule has 0 aliphatic heterocycles. The summed E-state index contributed by atoms with van der Waals surface area (Å²) in [6.45, 7) is 3.85. The van der Waals surface area contributed by atoms with E-state index in [-0.39, 0.29) is 23.8 Å². The number of hydrogen-bond acceptors (Lipinski definition) is 4. The minimum Gasteiger partial charge on any atom is -0.409 e. The molecule has 0 saturated carbocycles. The van der Waals surface area contributed by atoms with Crippen LogP contribution >= 0.6 is 31.9 Å². The van der Waals surface area contributed by atoms with Gasteiger partial charge < -0.3 is 10.9 Å². The summed E-state index contributed by atoms with van der Waals surface area (Å²) in [6, 6.07) is 4.95. The molecular formula is C12H17Br2N3O3S. The molecule has 0 saturated heterocycles. The first-order chi connectivity index (χ1) is 9.73. The number of nitrogens with two attached hydrogens (primary N) is 1. The van der Waals surface area contributed by atoms with Gasteiger partial charge in [-0.3, -0.25) is 0 Å². The second-order valence-electron chi connectivity index (χ2n) is 4.46. The van der Waals surface area contributed by atoms with Crippen LogP contribution in [0.15, 0.2) is 37.2 Å². The summed E-state index contributed by atoms with van der Waals surface area (Å²) in [7, 11) is -3.68. The number of sulfonamides is 1. The number of benzene rings is 1. The second-order valence-corrected chi connectivity index (χ2v) is 8.13. The lowest BCUT2D eigenvalue weighted by Gasteiger charge is -2.24. The average Bonchev–Trinajstić information content (AvgIpc) is 2.45. The molecule has 0 heterocycles. The molecule has 1 aromatic rings. The fourth-order valence-electron chi connectivity index (χ4n) is 1.71. The van der Waals surface area contributed by atoms with E-state index in [1.807, 2.05) is 0 Å². The molecule has 1 aromatic carbocycles. The third-order valence-electron chi connectivity index (χ3n) is 2.96. The third kappa shape index (κ3) is 4.41. The highest BCUT2D eigenvalue weighted by Gasteiger charge is 2.27. The molecule has 3 N–H and O–H groups in total. The van der Waals surface area contributed by atoms with Crippen LogP contribution in [0.1, 0.15) is 13.8 Å². The van der Waals surface area contributed by atoms with Gasteiger partial charge in [-0.1, -0.05) is 34.9 Å². The lowest BCUT2D eigenvalue weighted by atomic mass is 10.1. The molecule has 1 atom stereocenters. The van der Waals surface area contributed by atoms with Crippen molar-refractivity contribution in [2.75, 3.05) is 13.1 Å². The molecule has 1 rings (SSSR count). The topological polar surface area (TPSA) is 96.0 Å². The lowest BCUT2D eigenvalue weighted by molar-refractivity contribution is 0.311. The Morgan fingerprint density at radius 1 is 1.48 bits per heavy atom. The smallest absolute Gasteiger partial charge is 0.244 e. The normalized spacial score (nSPS) is 14.4. The van der Waals surface area contributed by atoms with Crippen molar-refractivity contribution in [3.05, 3.63) is 27.1 Å². The number of halogens is 2. The summed E-state index contributed by atoms with van der Waals surface area (Å²) < 4.78 is 27.9. The van der Waals surface area contributed by atoms with Gasteiger partial charge in [-0.15, -0.1) is 0 Å². The first kappa shape index (κ1) is 18.4. The molecule has 0 radical (unpaired) electrons. The van der Waals surface area contributed by atoms with Crippen LogP contribution in [0, 0.1) is 5.92 Å². The first-order valence-corrected chi connectivity index (χ1v) is 9.19. The van der Waals surface area contributed by atoms with Crippen LogP contribution in [0.2, 0.25) is 0 Å². The Morgan fingerprint density at radius 2 is 2.10 bits per heavy atom. The van der Waals surface area contributed by atoms with Gasteiger partial charge in [0.1, 0.15) is 5.84 Å². The summed E-state index contributed by atoms with van der Waals surface area (Å²) in [5.74, 6) is -0.396. The Morgan fingerprint density at radius 3 is 2.62 bits per heavy atom. The van der Waals surface area contributed by atoms with Gasteiger partial charge in [-0.25, -0.2) is 8.42 Å². The zero-order valence-electron chi connectivity index (χ0n) is 11.6. The molecule has 0 fully saturated rings. The van der Waals surface area contributed by atoms with E-state index in [0.29, 0.717) is 8.95 Å². The fraction of sp³-hybridized carbons (Fsp3) is 0.417. The summed E-state index contributed by atoms with van der Waals surface area (Å²) in [4.78, 5) is 0.172. The molecule has 0 aliphatic rings. The van der Waals surface area contributed by atoms with Gasteiger partial charge in [0.15, 0.2) is 0 Å². The van der Waals surface area contributed by atoms with Gasteiger partial charge in [0, 0.05) is 28.0 Å². The molecule has 0 bridgehead atoms. The van der Waals surface area contributed by atoms with Crippen LogP contribution in [0.5, 0.6) is 0 Å². The van der Waals surface area contributed by atoms with Crippen LogP contribution < -0.4 is 5.73 Å². The minimum absolute atomic E-state index is 0.00282. The molecular weight excluding hydrogens is 426 g/mol. The minimum atomic E-state index is -3.68. The van der Waals surface area contributed by atoms with E-state index in [1.54, 1.807) is 26.0 Å². The Labute approximate surface area is 141 Å². The van der Waals surface area contributed by atoms with E-state index >= 15 is 0 Å². The van der Waals surface area contributed by atoms with E-state index in [4.69, 9.17) is 10.9 Å². The van der Waals surface area contributed by atoms with E-state index in [1.165, 1.54) is 10.4 Å². The van der Waals surface area contributed by atoms with E-state index in [9.17, 15) is 8.42 Å². The second kappa shape index (κ2) is 7.57. The van der Waals surface area contributed by atoms with Gasteiger partial charge in [0.2, 0.25) is 10.0 Å². The van der Waals surface area contributed by atoms with Crippen LogP contribution in [-0.4, -0.2) is 36.9 Å². The molecule has 6 nitrogen and oxygen atoms in total. The van der Waals surface area contributed by atoms with Crippen molar-refractivity contribution in [1.82, 2.24) is 4.31 Å². The lowest BCUT2D eigenvalue weighted by Crippen LogP contribution is -2.38. The maximum atomic E-state index is 12.7. The Kier molecular flexibility index (Phi) is 6.64. The molecule has 0 spiro atoms. The van der Waals surface area contributed by atoms with Crippen LogP contribution in [0.4, 0.5) is 0 Å². The summed E-state index contributed by atoms with van der Waals surface area (Å²) >= 11 is 6.53. The molecule has 0 aromatic heterocycles. The summed E-state index contributed by atoms with van der Waals surface area (Å²) in [6.07, 6.45) is 0. The van der Waals surface area contributed by atoms with Crippen LogP contribution in [0.3, 0.4) is 0 Å². The number of oxime groups is 1. The van der Waals surface area contributed by atoms with Gasteiger partial charge in [-0.2, -0.15) is 4.31 Å². The highest BCUT2D eigenvalue weighted by atomic mass is 79.9. The maximum Gasteiger partial charge on any atom is 0.244 e. The van der Waals surface area contributed by atoms with E-state index < -0.39 is 15.9 Å². The molecule has 9 heteroatoms. The largest absolute Gasteiger partial charge is 0.409 e. The quantitative estimate of drug-likeness (QED) is 0.306. The van der Waals surface area contributed by atoms with Crippen molar-refractivity contribution in [3.8, 4) is 0 Å². The van der Waals surface area contributed by atoms with E-state index in [0.717, 1.165) is 0 Å². The molecule has 0 amide bonds.